The van der Waals surface area contributed by atoms with Crippen LogP contribution in [0.3, 0.4) is 0 Å². The number of allylic oxidation sites excluding steroid dienone is 1. The van der Waals surface area contributed by atoms with Gasteiger partial charge in [-0.1, -0.05) is 6.08 Å². The van der Waals surface area contributed by atoms with Crippen molar-refractivity contribution in [3.63, 3.8) is 0 Å². The summed E-state index contributed by atoms with van der Waals surface area (Å²) in [4.78, 5) is 11.0. The third-order valence-corrected chi connectivity index (χ3v) is 1.81. The molecule has 1 aromatic rings. The third kappa shape index (κ3) is 3.46. The second-order valence-corrected chi connectivity index (χ2v) is 3.21. The predicted octanol–water partition coefficient (Wildman–Crippen LogP) is 2.23. The zero-order valence-electron chi connectivity index (χ0n) is 7.21. The average molecular weight is 244 g/mol. The summed E-state index contributed by atoms with van der Waals surface area (Å²) >= 11 is 3.18. The Hall–Kier alpha value is -1.03. The van der Waals surface area contributed by atoms with E-state index in [2.05, 4.69) is 21.2 Å². The second-order valence-electron chi connectivity index (χ2n) is 2.42. The average Bonchev–Trinajstić information content (AvgIpc) is 2.49. The number of furan rings is 1. The lowest BCUT2D eigenvalue weighted by Crippen LogP contribution is -2.19. The molecule has 0 radical (unpaired) electrons. The molecule has 0 fully saturated rings. The van der Waals surface area contributed by atoms with E-state index in [1.807, 2.05) is 0 Å². The van der Waals surface area contributed by atoms with Gasteiger partial charge in [-0.2, -0.15) is 0 Å². The minimum absolute atomic E-state index is 0.116. The highest BCUT2D eigenvalue weighted by Crippen LogP contribution is 2.13. The molecule has 0 aromatic carbocycles. The van der Waals surface area contributed by atoms with Crippen LogP contribution in [-0.4, -0.2) is 5.91 Å². The van der Waals surface area contributed by atoms with Gasteiger partial charge in [0, 0.05) is 0 Å². The van der Waals surface area contributed by atoms with E-state index in [0.717, 1.165) is 5.76 Å². The van der Waals surface area contributed by atoms with E-state index in [1.54, 1.807) is 25.1 Å². The molecule has 1 aromatic heterocycles. The van der Waals surface area contributed by atoms with E-state index in [1.165, 1.54) is 6.08 Å². The van der Waals surface area contributed by atoms with Crippen molar-refractivity contribution in [2.24, 2.45) is 0 Å². The van der Waals surface area contributed by atoms with Gasteiger partial charge in [-0.15, -0.1) is 0 Å². The monoisotopic (exact) mass is 243 g/mol. The molecule has 3 nitrogen and oxygen atoms in total. The van der Waals surface area contributed by atoms with E-state index < -0.39 is 0 Å². The first-order valence-electron chi connectivity index (χ1n) is 3.87. The first-order valence-corrected chi connectivity index (χ1v) is 4.66. The van der Waals surface area contributed by atoms with E-state index in [9.17, 15) is 4.79 Å². The Morgan fingerprint density at radius 3 is 3.00 bits per heavy atom. The number of carbonyl (C=O) groups excluding carboxylic acids is 1. The van der Waals surface area contributed by atoms with Crippen molar-refractivity contribution < 1.29 is 9.21 Å². The molecule has 0 atom stereocenters. The van der Waals surface area contributed by atoms with E-state index in [4.69, 9.17) is 4.42 Å². The third-order valence-electron chi connectivity index (χ3n) is 1.38. The molecule has 13 heavy (non-hydrogen) atoms. The molecule has 1 heterocycles. The van der Waals surface area contributed by atoms with Crippen LogP contribution in [0.2, 0.25) is 0 Å². The Bertz CT molecular complexity index is 317. The lowest BCUT2D eigenvalue weighted by Gasteiger charge is -1.97. The Labute approximate surface area is 84.9 Å². The quantitative estimate of drug-likeness (QED) is 0.828. The van der Waals surface area contributed by atoms with E-state index in [0.29, 0.717) is 11.2 Å². The van der Waals surface area contributed by atoms with Crippen LogP contribution in [0, 0.1) is 0 Å². The van der Waals surface area contributed by atoms with Crippen molar-refractivity contribution in [3.05, 3.63) is 34.7 Å². The fourth-order valence-corrected chi connectivity index (χ4v) is 1.17. The van der Waals surface area contributed by atoms with Crippen LogP contribution < -0.4 is 5.32 Å². The fraction of sp³-hybridized carbons (Fsp3) is 0.222. The van der Waals surface area contributed by atoms with Crippen LogP contribution in [0.15, 0.2) is 33.4 Å². The minimum atomic E-state index is -0.116. The molecule has 0 aliphatic carbocycles. The largest absolute Gasteiger partial charge is 0.452 e. The molecule has 4 heteroatoms. The van der Waals surface area contributed by atoms with Crippen LogP contribution in [0.25, 0.3) is 0 Å². The van der Waals surface area contributed by atoms with Gasteiger partial charge in [0.15, 0.2) is 4.67 Å². The zero-order valence-corrected chi connectivity index (χ0v) is 8.80. The summed E-state index contributed by atoms with van der Waals surface area (Å²) in [5, 5.41) is 2.67. The van der Waals surface area contributed by atoms with Crippen LogP contribution >= 0.6 is 15.9 Å². The predicted molar refractivity (Wildman–Crippen MR) is 53.1 cm³/mol. The summed E-state index contributed by atoms with van der Waals surface area (Å²) in [6.07, 6.45) is 3.16. The zero-order chi connectivity index (χ0) is 9.68. The fourth-order valence-electron chi connectivity index (χ4n) is 0.831. The number of hydrogen-bond acceptors (Lipinski definition) is 2. The lowest BCUT2D eigenvalue weighted by atomic mass is 10.4. The molecule has 0 spiro atoms. The summed E-state index contributed by atoms with van der Waals surface area (Å²) in [7, 11) is 0. The number of carbonyl (C=O) groups is 1. The molecule has 0 saturated heterocycles. The Kier molecular flexibility index (Phi) is 3.76. The number of amides is 1. The maximum atomic E-state index is 11.0. The number of halogens is 1. The van der Waals surface area contributed by atoms with Gasteiger partial charge in [-0.3, -0.25) is 4.79 Å². The maximum absolute atomic E-state index is 11.0. The molecule has 1 N–H and O–H groups in total. The van der Waals surface area contributed by atoms with Crippen molar-refractivity contribution in [1.29, 1.82) is 0 Å². The first kappa shape index (κ1) is 10.1. The summed E-state index contributed by atoms with van der Waals surface area (Å²) in [5.74, 6) is 0.611. The highest BCUT2D eigenvalue weighted by Gasteiger charge is 2.00. The van der Waals surface area contributed by atoms with Gasteiger partial charge in [0.2, 0.25) is 5.91 Å². The van der Waals surface area contributed by atoms with E-state index >= 15 is 0 Å². The van der Waals surface area contributed by atoms with Gasteiger partial charge in [-0.25, -0.2) is 0 Å². The SMILES string of the molecule is C/C=C/C(=O)NCc1ccc(Br)o1. The molecule has 0 bridgehead atoms. The highest BCUT2D eigenvalue weighted by atomic mass is 79.9. The van der Waals surface area contributed by atoms with Gasteiger partial charge in [0.05, 0.1) is 6.54 Å². The second kappa shape index (κ2) is 4.87. The van der Waals surface area contributed by atoms with Gasteiger partial charge in [0.25, 0.3) is 0 Å². The van der Waals surface area contributed by atoms with Crippen LogP contribution in [0.4, 0.5) is 0 Å². The molecule has 0 aliphatic heterocycles. The number of rotatable bonds is 3. The van der Waals surface area contributed by atoms with Crippen molar-refractivity contribution in [2.45, 2.75) is 13.5 Å². The van der Waals surface area contributed by atoms with Crippen molar-refractivity contribution in [2.75, 3.05) is 0 Å². The first-order chi connectivity index (χ1) is 6.22. The van der Waals surface area contributed by atoms with Gasteiger partial charge in [0.1, 0.15) is 5.76 Å². The normalized spacial score (nSPS) is 10.6. The molecular formula is C9H10BrNO2. The summed E-state index contributed by atoms with van der Waals surface area (Å²) in [6.45, 7) is 2.21. The Balaban J connectivity index is 2.39. The number of nitrogens with one attached hydrogen (secondary N) is 1. The minimum Gasteiger partial charge on any atom is -0.452 e. The van der Waals surface area contributed by atoms with Crippen LogP contribution in [0.1, 0.15) is 12.7 Å². The molecule has 0 saturated carbocycles. The van der Waals surface area contributed by atoms with Crippen LogP contribution in [0.5, 0.6) is 0 Å². The van der Waals surface area contributed by atoms with Gasteiger partial charge >= 0.3 is 0 Å². The molecule has 70 valence electrons. The molecule has 0 aliphatic rings. The lowest BCUT2D eigenvalue weighted by molar-refractivity contribution is -0.116. The van der Waals surface area contributed by atoms with E-state index in [-0.39, 0.29) is 5.91 Å². The molecular weight excluding hydrogens is 234 g/mol. The van der Waals surface area contributed by atoms with Crippen molar-refractivity contribution in [3.8, 4) is 0 Å². The molecule has 0 unspecified atom stereocenters. The van der Waals surface area contributed by atoms with Crippen molar-refractivity contribution >= 4 is 21.8 Å². The van der Waals surface area contributed by atoms with Crippen molar-refractivity contribution in [1.82, 2.24) is 5.32 Å². The summed E-state index contributed by atoms with van der Waals surface area (Å²) in [5.41, 5.74) is 0. The summed E-state index contributed by atoms with van der Waals surface area (Å²) in [6, 6.07) is 3.59. The molecule has 1 rings (SSSR count). The smallest absolute Gasteiger partial charge is 0.244 e. The maximum Gasteiger partial charge on any atom is 0.244 e. The highest BCUT2D eigenvalue weighted by molar-refractivity contribution is 9.10. The van der Waals surface area contributed by atoms with Gasteiger partial charge in [-0.05, 0) is 41.1 Å². The van der Waals surface area contributed by atoms with Gasteiger partial charge < -0.3 is 9.73 Å². The standard InChI is InChI=1S/C9H10BrNO2/c1-2-3-9(12)11-6-7-4-5-8(10)13-7/h2-5H,6H2,1H3,(H,11,12)/b3-2+. The number of hydrogen-bond donors (Lipinski definition) is 1. The summed E-state index contributed by atoms with van der Waals surface area (Å²) < 4.78 is 5.86. The Morgan fingerprint density at radius 1 is 1.69 bits per heavy atom. The Morgan fingerprint density at radius 2 is 2.46 bits per heavy atom. The topological polar surface area (TPSA) is 42.2 Å². The molecule has 1 amide bonds. The van der Waals surface area contributed by atoms with Crippen LogP contribution in [-0.2, 0) is 11.3 Å².